The number of hydrogen-bond donors (Lipinski definition) is 2. The van der Waals surface area contributed by atoms with Gasteiger partial charge in [0.25, 0.3) is 0 Å². The normalized spacial score (nSPS) is 19.2. The average molecular weight is 432 g/mol. The Morgan fingerprint density at radius 1 is 1.10 bits per heavy atom. The predicted octanol–water partition coefficient (Wildman–Crippen LogP) is 3.86. The van der Waals surface area contributed by atoms with E-state index in [-0.39, 0.29) is 25.2 Å². The maximum Gasteiger partial charge on any atom is 0.416 e. The number of aliphatic hydroxyl groups is 1. The van der Waals surface area contributed by atoms with Gasteiger partial charge >= 0.3 is 6.18 Å². The summed E-state index contributed by atoms with van der Waals surface area (Å²) in [5.41, 5.74) is 1.17. The van der Waals surface area contributed by atoms with E-state index >= 15 is 0 Å². The fourth-order valence-corrected chi connectivity index (χ4v) is 4.11. The third kappa shape index (κ3) is 3.78. The third-order valence-electron chi connectivity index (χ3n) is 5.07. The summed E-state index contributed by atoms with van der Waals surface area (Å²) < 4.78 is 41.4. The molecular formula is C21H19F3N4OS. The molecule has 1 saturated heterocycles. The van der Waals surface area contributed by atoms with Crippen molar-refractivity contribution >= 4 is 17.3 Å². The molecule has 0 amide bonds. The van der Waals surface area contributed by atoms with Gasteiger partial charge in [0, 0.05) is 30.3 Å². The summed E-state index contributed by atoms with van der Waals surface area (Å²) in [4.78, 5) is 6.27. The minimum atomic E-state index is -4.43. The van der Waals surface area contributed by atoms with Crippen molar-refractivity contribution in [3.05, 3.63) is 83.9 Å². The minimum absolute atomic E-state index is 0.114. The molecule has 3 heterocycles. The number of hydrogen-bond acceptors (Lipinski definition) is 3. The monoisotopic (exact) mass is 432 g/mol. The van der Waals surface area contributed by atoms with E-state index in [0.717, 1.165) is 23.5 Å². The van der Waals surface area contributed by atoms with Gasteiger partial charge in [-0.15, -0.1) is 0 Å². The Morgan fingerprint density at radius 2 is 1.93 bits per heavy atom. The van der Waals surface area contributed by atoms with Crippen molar-refractivity contribution in [3.63, 3.8) is 0 Å². The molecule has 0 radical (unpaired) electrons. The first-order valence-electron chi connectivity index (χ1n) is 9.34. The van der Waals surface area contributed by atoms with E-state index in [1.54, 1.807) is 29.1 Å². The van der Waals surface area contributed by atoms with Gasteiger partial charge in [-0.05, 0) is 54.7 Å². The fourth-order valence-electron chi connectivity index (χ4n) is 3.78. The SMILES string of the molecule is OCCN1C(=S)N[C@@H](c2ccccn2)[C@H]1c1cccn1-c1cccc(C(F)(F)F)c1. The van der Waals surface area contributed by atoms with Gasteiger partial charge in [-0.25, -0.2) is 0 Å². The smallest absolute Gasteiger partial charge is 0.395 e. The molecule has 2 atom stereocenters. The predicted molar refractivity (Wildman–Crippen MR) is 110 cm³/mol. The molecule has 2 aromatic heterocycles. The van der Waals surface area contributed by atoms with E-state index < -0.39 is 11.7 Å². The van der Waals surface area contributed by atoms with Crippen LogP contribution in [0.1, 0.15) is 29.0 Å². The summed E-state index contributed by atoms with van der Waals surface area (Å²) in [5.74, 6) is 0. The Hall–Kier alpha value is -2.91. The van der Waals surface area contributed by atoms with E-state index in [1.807, 2.05) is 29.2 Å². The van der Waals surface area contributed by atoms with Gasteiger partial charge in [0.2, 0.25) is 0 Å². The summed E-state index contributed by atoms with van der Waals surface area (Å²) in [6.07, 6.45) is -1.03. The second-order valence-electron chi connectivity index (χ2n) is 6.89. The molecule has 0 saturated carbocycles. The number of aromatic nitrogens is 2. The molecule has 1 aromatic carbocycles. The van der Waals surface area contributed by atoms with Crippen LogP contribution in [-0.2, 0) is 6.18 Å². The van der Waals surface area contributed by atoms with Gasteiger partial charge in [0.05, 0.1) is 29.9 Å². The number of aliphatic hydroxyl groups excluding tert-OH is 1. The number of nitrogens with one attached hydrogen (secondary N) is 1. The van der Waals surface area contributed by atoms with Crippen molar-refractivity contribution in [1.29, 1.82) is 0 Å². The number of alkyl halides is 3. The van der Waals surface area contributed by atoms with Crippen LogP contribution in [0.25, 0.3) is 5.69 Å². The molecule has 0 aliphatic carbocycles. The summed E-state index contributed by atoms with van der Waals surface area (Å²) >= 11 is 5.48. The first kappa shape index (κ1) is 20.4. The van der Waals surface area contributed by atoms with Crippen molar-refractivity contribution in [1.82, 2.24) is 19.8 Å². The number of β-amino-alcohol motifs (C(OH)–C–C–N with tert-alkyl or cyclic N) is 1. The number of benzene rings is 1. The lowest BCUT2D eigenvalue weighted by molar-refractivity contribution is -0.137. The largest absolute Gasteiger partial charge is 0.416 e. The number of pyridine rings is 1. The Labute approximate surface area is 176 Å². The number of nitrogens with zero attached hydrogens (tertiary/aromatic N) is 3. The standard InChI is InChI=1S/C21H19F3N4OS/c22-21(23,24)14-5-3-6-15(13-14)27-10-4-8-17(27)19-18(16-7-1-2-9-25-16)26-20(30)28(19)11-12-29/h1-10,13,18-19,29H,11-12H2,(H,26,30)/t18-,19+/m0/s1. The maximum absolute atomic E-state index is 13.2. The molecule has 1 fully saturated rings. The zero-order chi connectivity index (χ0) is 21.3. The molecule has 0 unspecified atom stereocenters. The number of rotatable bonds is 5. The summed E-state index contributed by atoms with van der Waals surface area (Å²) in [6.45, 7) is 0.172. The first-order valence-corrected chi connectivity index (χ1v) is 9.75. The van der Waals surface area contributed by atoms with Gasteiger partial charge in [-0.1, -0.05) is 12.1 Å². The van der Waals surface area contributed by atoms with Crippen molar-refractivity contribution in [3.8, 4) is 5.69 Å². The average Bonchev–Trinajstić information content (AvgIpc) is 3.33. The lowest BCUT2D eigenvalue weighted by atomic mass is 10.0. The van der Waals surface area contributed by atoms with Crippen LogP contribution in [0.15, 0.2) is 67.0 Å². The highest BCUT2D eigenvalue weighted by Crippen LogP contribution is 2.39. The van der Waals surface area contributed by atoms with Crippen molar-refractivity contribution in [2.45, 2.75) is 18.3 Å². The van der Waals surface area contributed by atoms with E-state index in [1.165, 1.54) is 6.07 Å². The molecule has 0 bridgehead atoms. The Bertz CT molecular complexity index is 1040. The molecular weight excluding hydrogens is 413 g/mol. The second kappa shape index (κ2) is 8.08. The van der Waals surface area contributed by atoms with E-state index in [2.05, 4.69) is 10.3 Å². The Balaban J connectivity index is 1.80. The summed E-state index contributed by atoms with van der Waals surface area (Å²) in [6, 6.07) is 13.7. The topological polar surface area (TPSA) is 53.3 Å². The lowest BCUT2D eigenvalue weighted by Crippen LogP contribution is -2.32. The quantitative estimate of drug-likeness (QED) is 0.600. The summed E-state index contributed by atoms with van der Waals surface area (Å²) in [5, 5.41) is 13.3. The molecule has 5 nitrogen and oxygen atoms in total. The second-order valence-corrected chi connectivity index (χ2v) is 7.28. The molecule has 4 rings (SSSR count). The van der Waals surface area contributed by atoms with Crippen molar-refractivity contribution < 1.29 is 18.3 Å². The van der Waals surface area contributed by atoms with Crippen molar-refractivity contribution in [2.24, 2.45) is 0 Å². The highest BCUT2D eigenvalue weighted by Gasteiger charge is 2.41. The van der Waals surface area contributed by atoms with Gasteiger partial charge in [-0.2, -0.15) is 13.2 Å². The zero-order valence-corrected chi connectivity index (χ0v) is 16.6. The number of halogens is 3. The first-order chi connectivity index (χ1) is 14.4. The Kier molecular flexibility index (Phi) is 5.48. The van der Waals surface area contributed by atoms with E-state index in [4.69, 9.17) is 12.2 Å². The van der Waals surface area contributed by atoms with Crippen LogP contribution in [0.5, 0.6) is 0 Å². The van der Waals surface area contributed by atoms with E-state index in [0.29, 0.717) is 10.8 Å². The van der Waals surface area contributed by atoms with Crippen LogP contribution in [0.4, 0.5) is 13.2 Å². The highest BCUT2D eigenvalue weighted by atomic mass is 32.1. The maximum atomic E-state index is 13.2. The minimum Gasteiger partial charge on any atom is -0.395 e. The van der Waals surface area contributed by atoms with Crippen LogP contribution in [0.2, 0.25) is 0 Å². The van der Waals surface area contributed by atoms with Crippen LogP contribution in [0.3, 0.4) is 0 Å². The van der Waals surface area contributed by atoms with Crippen LogP contribution in [-0.4, -0.2) is 37.8 Å². The lowest BCUT2D eigenvalue weighted by Gasteiger charge is -2.28. The van der Waals surface area contributed by atoms with E-state index in [9.17, 15) is 18.3 Å². The van der Waals surface area contributed by atoms with Crippen LogP contribution >= 0.6 is 12.2 Å². The van der Waals surface area contributed by atoms with Gasteiger partial charge in [0.1, 0.15) is 0 Å². The molecule has 1 aliphatic heterocycles. The fraction of sp³-hybridized carbons (Fsp3) is 0.238. The van der Waals surface area contributed by atoms with Crippen LogP contribution in [0, 0.1) is 0 Å². The molecule has 2 N–H and O–H groups in total. The molecule has 0 spiro atoms. The molecule has 9 heteroatoms. The van der Waals surface area contributed by atoms with Crippen LogP contribution < -0.4 is 5.32 Å². The molecule has 156 valence electrons. The van der Waals surface area contributed by atoms with Gasteiger partial charge in [0.15, 0.2) is 5.11 Å². The molecule has 1 aliphatic rings. The number of thiocarbonyl (C=S) groups is 1. The van der Waals surface area contributed by atoms with Crippen molar-refractivity contribution in [2.75, 3.05) is 13.2 Å². The molecule has 3 aromatic rings. The van der Waals surface area contributed by atoms with Gasteiger partial charge in [-0.3, -0.25) is 4.98 Å². The summed E-state index contributed by atoms with van der Waals surface area (Å²) in [7, 11) is 0. The third-order valence-corrected chi connectivity index (χ3v) is 5.43. The highest BCUT2D eigenvalue weighted by molar-refractivity contribution is 7.80. The zero-order valence-electron chi connectivity index (χ0n) is 15.8. The van der Waals surface area contributed by atoms with Gasteiger partial charge < -0.3 is 19.9 Å². The Morgan fingerprint density at radius 3 is 2.63 bits per heavy atom. The molecule has 30 heavy (non-hydrogen) atoms.